The number of aryl methyl sites for hydroxylation is 2. The predicted octanol–water partition coefficient (Wildman–Crippen LogP) is 3.62. The first-order chi connectivity index (χ1) is 11.6. The minimum Gasteiger partial charge on any atom is -0.366 e. The maximum atomic E-state index is 5.86. The lowest BCUT2D eigenvalue weighted by molar-refractivity contribution is 0.430. The van der Waals surface area contributed by atoms with Gasteiger partial charge in [0.2, 0.25) is 11.9 Å². The quantitative estimate of drug-likeness (QED) is 0.757. The maximum absolute atomic E-state index is 5.86. The van der Waals surface area contributed by atoms with E-state index in [1.165, 1.54) is 22.3 Å². The van der Waals surface area contributed by atoms with E-state index < -0.39 is 0 Å². The number of nitrogens with one attached hydrogen (secondary N) is 1. The molecule has 2 atom stereocenters. The number of nitrogen functional groups attached to an aromatic ring is 1. The second kappa shape index (κ2) is 5.67. The summed E-state index contributed by atoms with van der Waals surface area (Å²) in [6.07, 6.45) is 0.906. The largest absolute Gasteiger partial charge is 0.366 e. The van der Waals surface area contributed by atoms with Crippen LogP contribution in [0.3, 0.4) is 0 Å². The Morgan fingerprint density at radius 1 is 1.08 bits per heavy atom. The third-order valence-electron chi connectivity index (χ3n) is 4.73. The standard InChI is InChI=1S/C19H21N5/c1-12-7-9-14(10-8-12)16-11-17(15-6-4-3-5-13(15)2)24-19(21-16)22-18(20)23-24/h3-10,16-17H,11H2,1-2H3,(H3,20,21,22,23)/t16-,17-/m0/s1. The maximum Gasteiger partial charge on any atom is 0.241 e. The van der Waals surface area contributed by atoms with Crippen LogP contribution in [0.25, 0.3) is 0 Å². The van der Waals surface area contributed by atoms with Crippen molar-refractivity contribution in [2.24, 2.45) is 0 Å². The lowest BCUT2D eigenvalue weighted by Crippen LogP contribution is -2.28. The molecule has 1 aromatic heterocycles. The van der Waals surface area contributed by atoms with Crippen LogP contribution in [0.4, 0.5) is 11.9 Å². The molecule has 5 heteroatoms. The fraction of sp³-hybridized carbons (Fsp3) is 0.263. The monoisotopic (exact) mass is 319 g/mol. The smallest absolute Gasteiger partial charge is 0.241 e. The highest BCUT2D eigenvalue weighted by atomic mass is 15.4. The number of anilines is 2. The van der Waals surface area contributed by atoms with Gasteiger partial charge in [0.15, 0.2) is 0 Å². The van der Waals surface area contributed by atoms with E-state index in [1.54, 1.807) is 0 Å². The number of benzene rings is 2. The highest BCUT2D eigenvalue weighted by molar-refractivity contribution is 5.43. The second-order valence-corrected chi connectivity index (χ2v) is 6.45. The van der Waals surface area contributed by atoms with E-state index in [1.807, 2.05) is 4.68 Å². The van der Waals surface area contributed by atoms with E-state index in [0.717, 1.165) is 12.4 Å². The first-order valence-corrected chi connectivity index (χ1v) is 8.22. The average molecular weight is 319 g/mol. The molecule has 0 fully saturated rings. The van der Waals surface area contributed by atoms with Crippen LogP contribution >= 0.6 is 0 Å². The lowest BCUT2D eigenvalue weighted by atomic mass is 9.91. The summed E-state index contributed by atoms with van der Waals surface area (Å²) >= 11 is 0. The van der Waals surface area contributed by atoms with Gasteiger partial charge in [-0.3, -0.25) is 0 Å². The molecule has 0 aliphatic carbocycles. The molecule has 0 bridgehead atoms. The first-order valence-electron chi connectivity index (χ1n) is 8.22. The fourth-order valence-corrected chi connectivity index (χ4v) is 3.43. The molecule has 3 aromatic rings. The van der Waals surface area contributed by atoms with Crippen molar-refractivity contribution in [1.82, 2.24) is 14.8 Å². The Morgan fingerprint density at radius 3 is 2.58 bits per heavy atom. The molecule has 0 unspecified atom stereocenters. The molecule has 2 heterocycles. The summed E-state index contributed by atoms with van der Waals surface area (Å²) in [5.74, 6) is 1.04. The number of hydrogen-bond donors (Lipinski definition) is 2. The third-order valence-corrected chi connectivity index (χ3v) is 4.73. The Bertz CT molecular complexity index is 866. The van der Waals surface area contributed by atoms with Gasteiger partial charge in [0.25, 0.3) is 0 Å². The van der Waals surface area contributed by atoms with Crippen LogP contribution in [0, 0.1) is 13.8 Å². The van der Waals surface area contributed by atoms with Gasteiger partial charge in [-0.25, -0.2) is 4.68 Å². The van der Waals surface area contributed by atoms with Crippen LogP contribution in [0.2, 0.25) is 0 Å². The van der Waals surface area contributed by atoms with Crippen molar-refractivity contribution in [3.8, 4) is 0 Å². The Kier molecular flexibility index (Phi) is 3.49. The highest BCUT2D eigenvalue weighted by Crippen LogP contribution is 2.38. The van der Waals surface area contributed by atoms with Crippen molar-refractivity contribution < 1.29 is 0 Å². The van der Waals surface area contributed by atoms with E-state index in [2.05, 4.69) is 77.8 Å². The second-order valence-electron chi connectivity index (χ2n) is 6.45. The normalized spacial score (nSPS) is 19.6. The highest BCUT2D eigenvalue weighted by Gasteiger charge is 2.31. The van der Waals surface area contributed by atoms with Crippen molar-refractivity contribution in [2.45, 2.75) is 32.4 Å². The molecule has 0 saturated heterocycles. The number of rotatable bonds is 2. The fourth-order valence-electron chi connectivity index (χ4n) is 3.43. The minimum atomic E-state index is 0.124. The molecular formula is C19H21N5. The van der Waals surface area contributed by atoms with Crippen molar-refractivity contribution in [1.29, 1.82) is 0 Å². The van der Waals surface area contributed by atoms with Gasteiger partial charge in [-0.15, -0.1) is 5.10 Å². The van der Waals surface area contributed by atoms with Gasteiger partial charge in [-0.2, -0.15) is 4.98 Å². The third kappa shape index (κ3) is 2.52. The summed E-state index contributed by atoms with van der Waals surface area (Å²) in [6, 6.07) is 17.4. The molecule has 2 aromatic carbocycles. The minimum absolute atomic E-state index is 0.124. The predicted molar refractivity (Wildman–Crippen MR) is 95.9 cm³/mol. The summed E-state index contributed by atoms with van der Waals surface area (Å²) in [7, 11) is 0. The van der Waals surface area contributed by atoms with Gasteiger partial charge in [0, 0.05) is 0 Å². The number of hydrogen-bond acceptors (Lipinski definition) is 4. The molecule has 0 saturated carbocycles. The Morgan fingerprint density at radius 2 is 1.83 bits per heavy atom. The Labute approximate surface area is 141 Å². The summed E-state index contributed by atoms with van der Waals surface area (Å²) < 4.78 is 1.92. The van der Waals surface area contributed by atoms with Gasteiger partial charge in [-0.05, 0) is 37.0 Å². The van der Waals surface area contributed by atoms with E-state index in [9.17, 15) is 0 Å². The first kappa shape index (κ1) is 14.8. The van der Waals surface area contributed by atoms with Crippen molar-refractivity contribution in [3.63, 3.8) is 0 Å². The van der Waals surface area contributed by atoms with Crippen LogP contribution in [0.1, 0.15) is 40.8 Å². The molecule has 1 aliphatic rings. The summed E-state index contributed by atoms with van der Waals surface area (Å²) in [5, 5.41) is 7.90. The van der Waals surface area contributed by atoms with E-state index >= 15 is 0 Å². The average Bonchev–Trinajstić information content (AvgIpc) is 2.95. The van der Waals surface area contributed by atoms with Crippen LogP contribution in [0.15, 0.2) is 48.5 Å². The number of aromatic nitrogens is 3. The van der Waals surface area contributed by atoms with Gasteiger partial charge < -0.3 is 11.1 Å². The van der Waals surface area contributed by atoms with E-state index in [0.29, 0.717) is 5.95 Å². The van der Waals surface area contributed by atoms with Crippen LogP contribution in [0.5, 0.6) is 0 Å². The Balaban J connectivity index is 1.78. The van der Waals surface area contributed by atoms with Gasteiger partial charge in [-0.1, -0.05) is 54.1 Å². The molecule has 0 spiro atoms. The summed E-state index contributed by atoms with van der Waals surface area (Å²) in [6.45, 7) is 4.24. The molecule has 4 rings (SSSR count). The van der Waals surface area contributed by atoms with Crippen LogP contribution in [-0.4, -0.2) is 14.8 Å². The zero-order valence-corrected chi connectivity index (χ0v) is 13.9. The number of nitrogens with zero attached hydrogens (tertiary/aromatic N) is 3. The van der Waals surface area contributed by atoms with Gasteiger partial charge in [0.05, 0.1) is 12.1 Å². The van der Waals surface area contributed by atoms with Gasteiger partial charge in [0.1, 0.15) is 0 Å². The molecule has 0 radical (unpaired) electrons. The van der Waals surface area contributed by atoms with Crippen LogP contribution < -0.4 is 11.1 Å². The van der Waals surface area contributed by atoms with E-state index in [-0.39, 0.29) is 12.1 Å². The van der Waals surface area contributed by atoms with Crippen molar-refractivity contribution >= 4 is 11.9 Å². The lowest BCUT2D eigenvalue weighted by Gasteiger charge is -2.32. The molecular weight excluding hydrogens is 298 g/mol. The SMILES string of the molecule is Cc1ccc([C@@H]2C[C@@H](c3ccccc3C)n3nc(N)nc3N2)cc1. The van der Waals surface area contributed by atoms with Crippen molar-refractivity contribution in [3.05, 3.63) is 70.8 Å². The zero-order chi connectivity index (χ0) is 16.7. The van der Waals surface area contributed by atoms with Crippen molar-refractivity contribution in [2.75, 3.05) is 11.1 Å². The summed E-state index contributed by atoms with van der Waals surface area (Å²) in [5.41, 5.74) is 10.9. The Hall–Kier alpha value is -2.82. The molecule has 5 nitrogen and oxygen atoms in total. The van der Waals surface area contributed by atoms with E-state index in [4.69, 9.17) is 5.73 Å². The molecule has 1 aliphatic heterocycles. The van der Waals surface area contributed by atoms with Gasteiger partial charge >= 0.3 is 0 Å². The van der Waals surface area contributed by atoms with Crippen LogP contribution in [-0.2, 0) is 0 Å². The molecule has 122 valence electrons. The zero-order valence-electron chi connectivity index (χ0n) is 13.9. The number of nitrogens with two attached hydrogens (primary N) is 1. The number of fused-ring (bicyclic) bond motifs is 1. The molecule has 24 heavy (non-hydrogen) atoms. The topological polar surface area (TPSA) is 68.8 Å². The molecule has 0 amide bonds. The molecule has 3 N–H and O–H groups in total. The summed E-state index contributed by atoms with van der Waals surface area (Å²) in [4.78, 5) is 4.37.